The molecule has 0 heterocycles. The lowest BCUT2D eigenvalue weighted by molar-refractivity contribution is -0.142. The molecule has 5 heteroatoms. The molecule has 0 aliphatic carbocycles. The first-order valence-corrected chi connectivity index (χ1v) is 11.7. The summed E-state index contributed by atoms with van der Waals surface area (Å²) in [5.41, 5.74) is 2.36. The van der Waals surface area contributed by atoms with Crippen molar-refractivity contribution < 1.29 is 14.3 Å². The van der Waals surface area contributed by atoms with Gasteiger partial charge in [-0.2, -0.15) is 0 Å². The van der Waals surface area contributed by atoms with Crippen molar-refractivity contribution in [3.05, 3.63) is 65.7 Å². The number of hydrogen-bond donors (Lipinski definition) is 1. The van der Waals surface area contributed by atoms with Gasteiger partial charge in [-0.05, 0) is 55.4 Å². The van der Waals surface area contributed by atoms with E-state index in [4.69, 9.17) is 4.74 Å². The molecule has 1 N–H and O–H groups in total. The zero-order valence-corrected chi connectivity index (χ0v) is 20.1. The first-order valence-electron chi connectivity index (χ1n) is 11.7. The number of carbonyl (C=O) groups excluding carboxylic acids is 2. The lowest BCUT2D eigenvalue weighted by Crippen LogP contribution is -2.52. The Kier molecular flexibility index (Phi) is 10.3. The second-order valence-corrected chi connectivity index (χ2v) is 8.58. The van der Waals surface area contributed by atoms with E-state index in [0.717, 1.165) is 12.0 Å². The molecule has 2 atom stereocenters. The fraction of sp³-hybridized carbons (Fsp3) is 0.481. The lowest BCUT2D eigenvalue weighted by atomic mass is 10.0. The maximum Gasteiger partial charge on any atom is 0.261 e. The largest absolute Gasteiger partial charge is 0.484 e. The van der Waals surface area contributed by atoms with E-state index in [-0.39, 0.29) is 24.5 Å². The van der Waals surface area contributed by atoms with Gasteiger partial charge < -0.3 is 15.0 Å². The van der Waals surface area contributed by atoms with Gasteiger partial charge in [0.25, 0.3) is 5.91 Å². The highest BCUT2D eigenvalue weighted by Gasteiger charge is 2.29. The zero-order valence-electron chi connectivity index (χ0n) is 20.1. The Bertz CT molecular complexity index is 834. The van der Waals surface area contributed by atoms with Crippen molar-refractivity contribution in [2.24, 2.45) is 0 Å². The monoisotopic (exact) mass is 438 g/mol. The maximum atomic E-state index is 13.2. The van der Waals surface area contributed by atoms with Crippen LogP contribution in [0.25, 0.3) is 0 Å². The summed E-state index contributed by atoms with van der Waals surface area (Å²) in [5.74, 6) is 0.806. The molecular weight excluding hydrogens is 400 g/mol. The third-order valence-electron chi connectivity index (χ3n) is 5.78. The lowest BCUT2D eigenvalue weighted by Gasteiger charge is -2.31. The predicted octanol–water partition coefficient (Wildman–Crippen LogP) is 4.95. The van der Waals surface area contributed by atoms with Crippen molar-refractivity contribution in [3.8, 4) is 5.75 Å². The van der Waals surface area contributed by atoms with Gasteiger partial charge in [0.15, 0.2) is 6.61 Å². The molecule has 2 amide bonds. The highest BCUT2D eigenvalue weighted by Crippen LogP contribution is 2.19. The van der Waals surface area contributed by atoms with Gasteiger partial charge in [-0.3, -0.25) is 9.59 Å². The van der Waals surface area contributed by atoms with Crippen molar-refractivity contribution in [2.45, 2.75) is 71.9 Å². The van der Waals surface area contributed by atoms with Gasteiger partial charge >= 0.3 is 0 Å². The Labute approximate surface area is 193 Å². The van der Waals surface area contributed by atoms with Crippen LogP contribution in [0.5, 0.6) is 5.75 Å². The summed E-state index contributed by atoms with van der Waals surface area (Å²) in [6.07, 6.45) is 2.07. The fourth-order valence-corrected chi connectivity index (χ4v) is 3.51. The van der Waals surface area contributed by atoms with E-state index in [9.17, 15) is 9.59 Å². The van der Waals surface area contributed by atoms with Crippen LogP contribution in [0.1, 0.15) is 64.5 Å². The number of nitrogens with zero attached hydrogens (tertiary/aromatic N) is 1. The second kappa shape index (κ2) is 12.9. The minimum atomic E-state index is -0.521. The Hall–Kier alpha value is -2.82. The Morgan fingerprint density at radius 2 is 1.59 bits per heavy atom. The topological polar surface area (TPSA) is 58.6 Å². The molecule has 0 fully saturated rings. The molecule has 0 bridgehead atoms. The van der Waals surface area contributed by atoms with Crippen LogP contribution in [0, 0.1) is 0 Å². The van der Waals surface area contributed by atoms with Crippen molar-refractivity contribution >= 4 is 11.8 Å². The first kappa shape index (κ1) is 25.4. The zero-order chi connectivity index (χ0) is 23.5. The minimum absolute atomic E-state index is 0.0679. The molecule has 2 aromatic carbocycles. The summed E-state index contributed by atoms with van der Waals surface area (Å²) in [7, 11) is 0. The maximum absolute atomic E-state index is 13.2. The molecule has 5 nitrogen and oxygen atoms in total. The number of rotatable bonds is 12. The van der Waals surface area contributed by atoms with Gasteiger partial charge in [-0.25, -0.2) is 0 Å². The van der Waals surface area contributed by atoms with Gasteiger partial charge in [-0.1, -0.05) is 70.2 Å². The highest BCUT2D eigenvalue weighted by molar-refractivity contribution is 5.88. The van der Waals surface area contributed by atoms with Gasteiger partial charge in [0.05, 0.1) is 0 Å². The Morgan fingerprint density at radius 3 is 2.16 bits per heavy atom. The highest BCUT2D eigenvalue weighted by atomic mass is 16.5. The van der Waals surface area contributed by atoms with Gasteiger partial charge in [0.1, 0.15) is 11.8 Å². The molecule has 0 spiro atoms. The van der Waals surface area contributed by atoms with Crippen molar-refractivity contribution in [2.75, 3.05) is 13.2 Å². The Balaban J connectivity index is 2.11. The molecule has 0 aliphatic rings. The van der Waals surface area contributed by atoms with E-state index in [0.29, 0.717) is 31.1 Å². The molecule has 2 aromatic rings. The molecule has 2 rings (SSSR count). The summed E-state index contributed by atoms with van der Waals surface area (Å²) < 4.78 is 5.79. The average molecular weight is 439 g/mol. The van der Waals surface area contributed by atoms with Crippen LogP contribution < -0.4 is 10.1 Å². The summed E-state index contributed by atoms with van der Waals surface area (Å²) in [6.45, 7) is 10.6. The van der Waals surface area contributed by atoms with Crippen molar-refractivity contribution in [3.63, 3.8) is 0 Å². The quantitative estimate of drug-likeness (QED) is 0.510. The van der Waals surface area contributed by atoms with E-state index in [2.05, 4.69) is 19.2 Å². The number of ether oxygens (including phenoxy) is 1. The van der Waals surface area contributed by atoms with Crippen LogP contribution in [0.2, 0.25) is 0 Å². The summed E-state index contributed by atoms with van der Waals surface area (Å²) in [5, 5.41) is 3.03. The number of carbonyl (C=O) groups is 2. The molecule has 32 heavy (non-hydrogen) atoms. The molecule has 0 unspecified atom stereocenters. The fourth-order valence-electron chi connectivity index (χ4n) is 3.51. The average Bonchev–Trinajstić information content (AvgIpc) is 2.80. The number of nitrogens with one attached hydrogen (secondary N) is 1. The standard InChI is InChI=1S/C27H38N2O3/c1-6-21(5)28-27(31)25(7-2)29(18-17-22-11-9-8-10-12-22)26(30)19-32-24-15-13-23(14-16-24)20(3)4/h8-16,20-21,25H,6-7,17-19H2,1-5H3,(H,28,31)/t21-,25-/m0/s1. The number of hydrogen-bond acceptors (Lipinski definition) is 3. The summed E-state index contributed by atoms with van der Waals surface area (Å²) in [6, 6.07) is 17.4. The van der Waals surface area contributed by atoms with E-state index in [1.165, 1.54) is 5.56 Å². The predicted molar refractivity (Wildman–Crippen MR) is 130 cm³/mol. The molecule has 0 saturated heterocycles. The van der Waals surface area contributed by atoms with Crippen LogP contribution in [0.3, 0.4) is 0 Å². The van der Waals surface area contributed by atoms with Crippen LogP contribution in [-0.4, -0.2) is 41.9 Å². The molecule has 174 valence electrons. The molecule has 0 aromatic heterocycles. The van der Waals surface area contributed by atoms with E-state index in [1.54, 1.807) is 4.90 Å². The molecule has 0 saturated carbocycles. The second-order valence-electron chi connectivity index (χ2n) is 8.58. The van der Waals surface area contributed by atoms with Crippen LogP contribution >= 0.6 is 0 Å². The van der Waals surface area contributed by atoms with Gasteiger partial charge in [0.2, 0.25) is 5.91 Å². The van der Waals surface area contributed by atoms with Crippen LogP contribution in [0.15, 0.2) is 54.6 Å². The number of benzene rings is 2. The third kappa shape index (κ3) is 7.70. The number of amides is 2. The Morgan fingerprint density at radius 1 is 0.938 bits per heavy atom. The smallest absolute Gasteiger partial charge is 0.261 e. The SMILES string of the molecule is CC[C@H](C)NC(=O)[C@H](CC)N(CCc1ccccc1)C(=O)COc1ccc(C(C)C)cc1. The third-order valence-corrected chi connectivity index (χ3v) is 5.78. The van der Waals surface area contributed by atoms with Gasteiger partial charge in [0, 0.05) is 12.6 Å². The molecular formula is C27H38N2O3. The van der Waals surface area contributed by atoms with Gasteiger partial charge in [-0.15, -0.1) is 0 Å². The minimum Gasteiger partial charge on any atom is -0.484 e. The van der Waals surface area contributed by atoms with E-state index in [1.807, 2.05) is 75.4 Å². The van der Waals surface area contributed by atoms with Crippen molar-refractivity contribution in [1.82, 2.24) is 10.2 Å². The molecule has 0 radical (unpaired) electrons. The summed E-state index contributed by atoms with van der Waals surface area (Å²) >= 11 is 0. The van der Waals surface area contributed by atoms with Crippen molar-refractivity contribution in [1.29, 1.82) is 0 Å². The van der Waals surface area contributed by atoms with Crippen LogP contribution in [0.4, 0.5) is 0 Å². The summed E-state index contributed by atoms with van der Waals surface area (Å²) in [4.78, 5) is 27.8. The normalized spacial score (nSPS) is 12.8. The molecule has 0 aliphatic heterocycles. The van der Waals surface area contributed by atoms with E-state index < -0.39 is 6.04 Å². The van der Waals surface area contributed by atoms with E-state index >= 15 is 0 Å². The first-order chi connectivity index (χ1) is 15.3. The van der Waals surface area contributed by atoms with Crippen LogP contribution in [-0.2, 0) is 16.0 Å².